The second-order valence-electron chi connectivity index (χ2n) is 6.16. The molecule has 0 aliphatic rings. The van der Waals surface area contributed by atoms with Crippen molar-refractivity contribution in [2.75, 3.05) is 19.8 Å². The Morgan fingerprint density at radius 2 is 1.58 bits per heavy atom. The molecule has 2 aromatic carbocycles. The van der Waals surface area contributed by atoms with E-state index in [9.17, 15) is 14.4 Å². The number of hydrogen-bond acceptors (Lipinski definition) is 7. The molecular formula is C24H22O7. The van der Waals surface area contributed by atoms with E-state index in [0.717, 1.165) is 11.6 Å². The van der Waals surface area contributed by atoms with Crippen LogP contribution in [-0.2, 0) is 14.3 Å². The van der Waals surface area contributed by atoms with Crippen LogP contribution in [0, 0.1) is 0 Å². The lowest BCUT2D eigenvalue weighted by Crippen LogP contribution is -2.14. The molecule has 0 atom stereocenters. The van der Waals surface area contributed by atoms with Crippen LogP contribution in [0.4, 0.5) is 0 Å². The van der Waals surface area contributed by atoms with Gasteiger partial charge in [0.1, 0.15) is 24.7 Å². The van der Waals surface area contributed by atoms with Gasteiger partial charge in [-0.2, -0.15) is 0 Å². The Labute approximate surface area is 179 Å². The number of rotatable bonds is 11. The van der Waals surface area contributed by atoms with Gasteiger partial charge in [0.2, 0.25) is 0 Å². The second kappa shape index (κ2) is 11.9. The van der Waals surface area contributed by atoms with E-state index >= 15 is 0 Å². The lowest BCUT2D eigenvalue weighted by atomic mass is 10.1. The molecule has 0 heterocycles. The average molecular weight is 422 g/mol. The third kappa shape index (κ3) is 7.75. The van der Waals surface area contributed by atoms with Gasteiger partial charge in [0, 0.05) is 11.6 Å². The standard InChI is InChI=1S/C24H22O7/c1-3-23(27)31-21-11-7-19(8-12-21)22(26)13-6-18-4-9-20(10-5-18)29-14-15-30-24(28)17(2)16-25/h3-13,25H,1-2,14-16H2/b13-6+. The number of ketones is 1. The van der Waals surface area contributed by atoms with E-state index in [1.165, 1.54) is 18.2 Å². The molecule has 0 saturated carbocycles. The molecule has 0 bridgehead atoms. The zero-order valence-electron chi connectivity index (χ0n) is 16.8. The van der Waals surface area contributed by atoms with Crippen LogP contribution in [0.25, 0.3) is 6.08 Å². The molecule has 0 saturated heterocycles. The highest BCUT2D eigenvalue weighted by Crippen LogP contribution is 2.16. The molecule has 0 unspecified atom stereocenters. The summed E-state index contributed by atoms with van der Waals surface area (Å²) in [6, 6.07) is 13.2. The Balaban J connectivity index is 1.83. The highest BCUT2D eigenvalue weighted by molar-refractivity contribution is 6.06. The van der Waals surface area contributed by atoms with Gasteiger partial charge in [-0.15, -0.1) is 0 Å². The molecule has 160 valence electrons. The lowest BCUT2D eigenvalue weighted by molar-refractivity contribution is -0.140. The zero-order chi connectivity index (χ0) is 22.6. The van der Waals surface area contributed by atoms with Crippen molar-refractivity contribution in [1.29, 1.82) is 0 Å². The average Bonchev–Trinajstić information content (AvgIpc) is 2.80. The number of allylic oxidation sites excluding steroid dienone is 1. The van der Waals surface area contributed by atoms with Crippen LogP contribution in [0.15, 0.2) is 79.4 Å². The summed E-state index contributed by atoms with van der Waals surface area (Å²) in [6.07, 6.45) is 4.16. The monoisotopic (exact) mass is 422 g/mol. The summed E-state index contributed by atoms with van der Waals surface area (Å²) >= 11 is 0. The van der Waals surface area contributed by atoms with Crippen LogP contribution < -0.4 is 9.47 Å². The number of aliphatic hydroxyl groups excluding tert-OH is 1. The van der Waals surface area contributed by atoms with Crippen LogP contribution in [0.5, 0.6) is 11.5 Å². The molecule has 0 fully saturated rings. The summed E-state index contributed by atoms with van der Waals surface area (Å²) in [5.41, 5.74) is 1.23. The van der Waals surface area contributed by atoms with E-state index in [2.05, 4.69) is 13.2 Å². The van der Waals surface area contributed by atoms with Crippen molar-refractivity contribution in [2.45, 2.75) is 0 Å². The maximum absolute atomic E-state index is 12.3. The number of ether oxygens (including phenoxy) is 3. The van der Waals surface area contributed by atoms with Crippen molar-refractivity contribution in [3.63, 3.8) is 0 Å². The predicted octanol–water partition coefficient (Wildman–Crippen LogP) is 3.14. The van der Waals surface area contributed by atoms with Gasteiger partial charge < -0.3 is 19.3 Å². The molecule has 0 radical (unpaired) electrons. The van der Waals surface area contributed by atoms with E-state index in [1.807, 2.05) is 0 Å². The van der Waals surface area contributed by atoms with Gasteiger partial charge in [-0.05, 0) is 48.0 Å². The second-order valence-corrected chi connectivity index (χ2v) is 6.16. The number of carbonyl (C=O) groups excluding carboxylic acids is 3. The van der Waals surface area contributed by atoms with Crippen molar-refractivity contribution >= 4 is 23.8 Å². The van der Waals surface area contributed by atoms with Gasteiger partial charge in [-0.25, -0.2) is 9.59 Å². The number of esters is 2. The van der Waals surface area contributed by atoms with E-state index in [-0.39, 0.29) is 24.6 Å². The van der Waals surface area contributed by atoms with Crippen LogP contribution >= 0.6 is 0 Å². The minimum atomic E-state index is -0.663. The first-order valence-electron chi connectivity index (χ1n) is 9.28. The van der Waals surface area contributed by atoms with E-state index in [4.69, 9.17) is 19.3 Å². The summed E-state index contributed by atoms with van der Waals surface area (Å²) in [7, 11) is 0. The quantitative estimate of drug-likeness (QED) is 0.195. The van der Waals surface area contributed by atoms with E-state index in [1.54, 1.807) is 42.5 Å². The smallest absolute Gasteiger partial charge is 0.335 e. The minimum Gasteiger partial charge on any atom is -0.490 e. The summed E-state index contributed by atoms with van der Waals surface area (Å²) in [6.45, 7) is 6.42. The van der Waals surface area contributed by atoms with Gasteiger partial charge in [-0.3, -0.25) is 4.79 Å². The fraction of sp³-hybridized carbons (Fsp3) is 0.125. The zero-order valence-corrected chi connectivity index (χ0v) is 16.8. The number of carbonyl (C=O) groups is 3. The van der Waals surface area contributed by atoms with Crippen molar-refractivity contribution in [1.82, 2.24) is 0 Å². The van der Waals surface area contributed by atoms with Gasteiger partial charge in [0.25, 0.3) is 0 Å². The summed E-state index contributed by atoms with van der Waals surface area (Å²) in [4.78, 5) is 34.8. The lowest BCUT2D eigenvalue weighted by Gasteiger charge is -2.08. The van der Waals surface area contributed by atoms with Crippen molar-refractivity contribution in [3.8, 4) is 11.5 Å². The van der Waals surface area contributed by atoms with Crippen LogP contribution in [-0.4, -0.2) is 42.6 Å². The Hall–Kier alpha value is -3.97. The third-order valence-electron chi connectivity index (χ3n) is 3.90. The first kappa shape index (κ1) is 23.3. The molecule has 1 N–H and O–H groups in total. The highest BCUT2D eigenvalue weighted by atomic mass is 16.6. The van der Waals surface area contributed by atoms with Crippen molar-refractivity contribution < 1.29 is 33.7 Å². The van der Waals surface area contributed by atoms with E-state index < -0.39 is 18.5 Å². The molecular weight excluding hydrogens is 400 g/mol. The fourth-order valence-corrected chi connectivity index (χ4v) is 2.25. The molecule has 0 amide bonds. The first-order valence-corrected chi connectivity index (χ1v) is 9.28. The van der Waals surface area contributed by atoms with Crippen LogP contribution in [0.1, 0.15) is 15.9 Å². The predicted molar refractivity (Wildman–Crippen MR) is 115 cm³/mol. The fourth-order valence-electron chi connectivity index (χ4n) is 2.25. The SMILES string of the molecule is C=CC(=O)Oc1ccc(C(=O)/C=C/c2ccc(OCCOC(=O)C(=C)CO)cc2)cc1. The molecule has 0 spiro atoms. The Morgan fingerprint density at radius 3 is 2.19 bits per heavy atom. The molecule has 0 aromatic heterocycles. The molecule has 7 heteroatoms. The van der Waals surface area contributed by atoms with Gasteiger partial charge in [0.05, 0.1) is 12.2 Å². The molecule has 0 aliphatic carbocycles. The third-order valence-corrected chi connectivity index (χ3v) is 3.90. The molecule has 2 rings (SSSR count). The van der Waals surface area contributed by atoms with Crippen LogP contribution in [0.2, 0.25) is 0 Å². The first-order chi connectivity index (χ1) is 14.9. The summed E-state index contributed by atoms with van der Waals surface area (Å²) in [5.74, 6) is -0.531. The Morgan fingerprint density at radius 1 is 0.935 bits per heavy atom. The number of hydrogen-bond donors (Lipinski definition) is 1. The highest BCUT2D eigenvalue weighted by Gasteiger charge is 2.07. The van der Waals surface area contributed by atoms with Crippen molar-refractivity contribution in [3.05, 3.63) is 90.5 Å². The topological polar surface area (TPSA) is 99.1 Å². The minimum absolute atomic E-state index is 0.0160. The van der Waals surface area contributed by atoms with Gasteiger partial charge >= 0.3 is 11.9 Å². The maximum Gasteiger partial charge on any atom is 0.335 e. The van der Waals surface area contributed by atoms with Gasteiger partial charge in [0.15, 0.2) is 5.78 Å². The largest absolute Gasteiger partial charge is 0.490 e. The Bertz CT molecular complexity index is 970. The normalized spacial score (nSPS) is 10.4. The van der Waals surface area contributed by atoms with Crippen molar-refractivity contribution in [2.24, 2.45) is 0 Å². The Kier molecular flexibility index (Phi) is 8.94. The molecule has 2 aromatic rings. The number of aliphatic hydroxyl groups is 1. The van der Waals surface area contributed by atoms with Gasteiger partial charge in [-0.1, -0.05) is 31.4 Å². The molecule has 0 aliphatic heterocycles. The summed E-state index contributed by atoms with van der Waals surface area (Å²) in [5, 5.41) is 8.78. The molecule has 7 nitrogen and oxygen atoms in total. The number of benzene rings is 2. The summed E-state index contributed by atoms with van der Waals surface area (Å²) < 4.78 is 15.3. The molecule has 31 heavy (non-hydrogen) atoms. The maximum atomic E-state index is 12.3. The van der Waals surface area contributed by atoms with E-state index in [0.29, 0.717) is 17.1 Å². The van der Waals surface area contributed by atoms with Crippen LogP contribution in [0.3, 0.4) is 0 Å².